The number of aryl methyl sites for hydroxylation is 1. The highest BCUT2D eigenvalue weighted by Gasteiger charge is 2.12. The van der Waals surface area contributed by atoms with E-state index in [0.29, 0.717) is 0 Å². The predicted octanol–water partition coefficient (Wildman–Crippen LogP) is 4.26. The molecular weight excluding hydrogens is 238 g/mol. The highest BCUT2D eigenvalue weighted by Crippen LogP contribution is 2.27. The summed E-state index contributed by atoms with van der Waals surface area (Å²) in [6, 6.07) is 14.8. The molecule has 0 bridgehead atoms. The molecule has 0 radical (unpaired) electrons. The van der Waals surface area contributed by atoms with Crippen molar-refractivity contribution in [3.05, 3.63) is 69.9 Å². The number of hydrogen-bond acceptors (Lipinski definition) is 2. The molecule has 0 spiro atoms. The van der Waals surface area contributed by atoms with Gasteiger partial charge in [0.25, 0.3) is 0 Å². The summed E-state index contributed by atoms with van der Waals surface area (Å²) in [5.74, 6) is 0. The maximum absolute atomic E-state index is 6.36. The summed E-state index contributed by atoms with van der Waals surface area (Å²) >= 11 is 1.71. The fraction of sp³-hybridized carbons (Fsp3) is 0.125. The third-order valence-electron chi connectivity index (χ3n) is 3.36. The van der Waals surface area contributed by atoms with Crippen LogP contribution in [0.4, 0.5) is 0 Å². The van der Waals surface area contributed by atoms with Gasteiger partial charge in [-0.1, -0.05) is 36.4 Å². The number of benzene rings is 2. The van der Waals surface area contributed by atoms with Crippen LogP contribution in [0.5, 0.6) is 0 Å². The van der Waals surface area contributed by atoms with Crippen LogP contribution in [0, 0.1) is 6.92 Å². The Hall–Kier alpha value is -1.64. The van der Waals surface area contributed by atoms with Crippen molar-refractivity contribution >= 4 is 22.1 Å². The van der Waals surface area contributed by atoms with Crippen LogP contribution in [0.1, 0.15) is 22.7 Å². The van der Waals surface area contributed by atoms with Gasteiger partial charge in [0.1, 0.15) is 0 Å². The smallest absolute Gasteiger partial charge is 0.0562 e. The SMILES string of the molecule is Cc1cscc1C(N)c1ccc2ccccc2c1. The van der Waals surface area contributed by atoms with Crippen LogP contribution in [0.3, 0.4) is 0 Å². The average molecular weight is 253 g/mol. The third-order valence-corrected chi connectivity index (χ3v) is 4.24. The van der Waals surface area contributed by atoms with Crippen molar-refractivity contribution in [1.82, 2.24) is 0 Å². The van der Waals surface area contributed by atoms with E-state index in [1.54, 1.807) is 11.3 Å². The fourth-order valence-corrected chi connectivity index (χ4v) is 3.16. The molecule has 18 heavy (non-hydrogen) atoms. The number of fused-ring (bicyclic) bond motifs is 1. The van der Waals surface area contributed by atoms with Gasteiger partial charge in [-0.3, -0.25) is 0 Å². The molecule has 1 nitrogen and oxygen atoms in total. The highest BCUT2D eigenvalue weighted by atomic mass is 32.1. The van der Waals surface area contributed by atoms with E-state index in [9.17, 15) is 0 Å². The molecule has 1 unspecified atom stereocenters. The lowest BCUT2D eigenvalue weighted by atomic mass is 9.97. The molecule has 90 valence electrons. The van der Waals surface area contributed by atoms with Gasteiger partial charge in [-0.2, -0.15) is 11.3 Å². The molecule has 0 aliphatic carbocycles. The minimum Gasteiger partial charge on any atom is -0.320 e. The first kappa shape index (κ1) is 11.5. The van der Waals surface area contributed by atoms with E-state index in [-0.39, 0.29) is 6.04 Å². The van der Waals surface area contributed by atoms with E-state index in [0.717, 1.165) is 0 Å². The molecule has 0 aliphatic rings. The Bertz CT molecular complexity index is 684. The van der Waals surface area contributed by atoms with E-state index in [1.807, 2.05) is 0 Å². The molecule has 2 N–H and O–H groups in total. The summed E-state index contributed by atoms with van der Waals surface area (Å²) in [5, 5.41) is 6.81. The summed E-state index contributed by atoms with van der Waals surface area (Å²) in [6.07, 6.45) is 0. The molecule has 1 heterocycles. The normalized spacial score (nSPS) is 12.8. The minimum absolute atomic E-state index is 0.0270. The van der Waals surface area contributed by atoms with E-state index >= 15 is 0 Å². The molecule has 0 aliphatic heterocycles. The van der Waals surface area contributed by atoms with Crippen LogP contribution in [0.25, 0.3) is 10.8 Å². The van der Waals surface area contributed by atoms with Crippen LogP contribution in [-0.2, 0) is 0 Å². The van der Waals surface area contributed by atoms with Crippen molar-refractivity contribution in [3.63, 3.8) is 0 Å². The fourth-order valence-electron chi connectivity index (χ4n) is 2.27. The Labute approximate surface area is 111 Å². The summed E-state index contributed by atoms with van der Waals surface area (Å²) in [7, 11) is 0. The number of hydrogen-bond donors (Lipinski definition) is 1. The maximum atomic E-state index is 6.36. The Balaban J connectivity index is 2.07. The van der Waals surface area contributed by atoms with Gasteiger partial charge >= 0.3 is 0 Å². The molecule has 2 aromatic carbocycles. The zero-order valence-electron chi connectivity index (χ0n) is 10.3. The standard InChI is InChI=1S/C16H15NS/c1-11-9-18-10-15(11)16(17)14-7-6-12-4-2-3-5-13(12)8-14/h2-10,16H,17H2,1H3. The summed E-state index contributed by atoms with van der Waals surface area (Å²) in [4.78, 5) is 0. The number of rotatable bonds is 2. The zero-order chi connectivity index (χ0) is 12.5. The molecule has 0 fully saturated rings. The molecular formula is C16H15NS. The first-order valence-electron chi connectivity index (χ1n) is 6.02. The van der Waals surface area contributed by atoms with Crippen molar-refractivity contribution in [2.24, 2.45) is 5.73 Å². The Kier molecular flexibility index (Phi) is 2.90. The predicted molar refractivity (Wildman–Crippen MR) is 79.0 cm³/mol. The summed E-state index contributed by atoms with van der Waals surface area (Å²) in [5.41, 5.74) is 10.0. The van der Waals surface area contributed by atoms with Crippen LogP contribution in [-0.4, -0.2) is 0 Å². The zero-order valence-corrected chi connectivity index (χ0v) is 11.1. The van der Waals surface area contributed by atoms with Crippen molar-refractivity contribution in [1.29, 1.82) is 0 Å². The second kappa shape index (κ2) is 4.56. The quantitative estimate of drug-likeness (QED) is 0.725. The second-order valence-corrected chi connectivity index (χ2v) is 5.34. The minimum atomic E-state index is -0.0270. The van der Waals surface area contributed by atoms with Crippen molar-refractivity contribution in [2.75, 3.05) is 0 Å². The van der Waals surface area contributed by atoms with Crippen molar-refractivity contribution in [2.45, 2.75) is 13.0 Å². The summed E-state index contributed by atoms with van der Waals surface area (Å²) in [6.45, 7) is 2.12. The van der Waals surface area contributed by atoms with E-state index < -0.39 is 0 Å². The van der Waals surface area contributed by atoms with Crippen molar-refractivity contribution < 1.29 is 0 Å². The Morgan fingerprint density at radius 1 is 1.00 bits per heavy atom. The molecule has 3 aromatic rings. The molecule has 3 rings (SSSR count). The lowest BCUT2D eigenvalue weighted by Gasteiger charge is -2.13. The van der Waals surface area contributed by atoms with Gasteiger partial charge in [0.2, 0.25) is 0 Å². The lowest BCUT2D eigenvalue weighted by molar-refractivity contribution is 0.870. The highest BCUT2D eigenvalue weighted by molar-refractivity contribution is 7.08. The maximum Gasteiger partial charge on any atom is 0.0562 e. The van der Waals surface area contributed by atoms with Gasteiger partial charge in [-0.05, 0) is 51.2 Å². The molecule has 0 saturated carbocycles. The van der Waals surface area contributed by atoms with Crippen LogP contribution < -0.4 is 5.73 Å². The Morgan fingerprint density at radius 2 is 1.78 bits per heavy atom. The number of nitrogens with two attached hydrogens (primary N) is 1. The van der Waals surface area contributed by atoms with Gasteiger partial charge in [0.15, 0.2) is 0 Å². The lowest BCUT2D eigenvalue weighted by Crippen LogP contribution is -2.11. The molecule has 0 saturated heterocycles. The monoisotopic (exact) mass is 253 g/mol. The van der Waals surface area contributed by atoms with Crippen LogP contribution in [0.15, 0.2) is 53.2 Å². The topological polar surface area (TPSA) is 26.0 Å². The first-order valence-corrected chi connectivity index (χ1v) is 6.97. The van der Waals surface area contributed by atoms with E-state index in [4.69, 9.17) is 5.73 Å². The van der Waals surface area contributed by atoms with Crippen LogP contribution >= 0.6 is 11.3 Å². The van der Waals surface area contributed by atoms with Gasteiger partial charge in [0.05, 0.1) is 6.04 Å². The Morgan fingerprint density at radius 3 is 2.50 bits per heavy atom. The van der Waals surface area contributed by atoms with Gasteiger partial charge in [-0.25, -0.2) is 0 Å². The number of thiophene rings is 1. The molecule has 0 amide bonds. The first-order chi connectivity index (χ1) is 8.75. The summed E-state index contributed by atoms with van der Waals surface area (Å²) < 4.78 is 0. The van der Waals surface area contributed by atoms with Crippen LogP contribution in [0.2, 0.25) is 0 Å². The largest absolute Gasteiger partial charge is 0.320 e. The average Bonchev–Trinajstić information content (AvgIpc) is 2.83. The third kappa shape index (κ3) is 1.94. The van der Waals surface area contributed by atoms with E-state index in [2.05, 4.69) is 60.1 Å². The van der Waals surface area contributed by atoms with E-state index in [1.165, 1.54) is 27.5 Å². The molecule has 1 aromatic heterocycles. The van der Waals surface area contributed by atoms with Gasteiger partial charge < -0.3 is 5.73 Å². The molecule has 1 atom stereocenters. The van der Waals surface area contributed by atoms with Crippen molar-refractivity contribution in [3.8, 4) is 0 Å². The second-order valence-electron chi connectivity index (χ2n) is 4.59. The van der Waals surface area contributed by atoms with Gasteiger partial charge in [0, 0.05) is 0 Å². The molecule has 2 heteroatoms. The van der Waals surface area contributed by atoms with Gasteiger partial charge in [-0.15, -0.1) is 0 Å².